The summed E-state index contributed by atoms with van der Waals surface area (Å²) < 4.78 is 1.44. The molecule has 0 unspecified atom stereocenters. The molecule has 1 N–H and O–H groups in total. The molecule has 6 nitrogen and oxygen atoms in total. The highest BCUT2D eigenvalue weighted by Gasteiger charge is 2.04. The van der Waals surface area contributed by atoms with Gasteiger partial charge in [-0.05, 0) is 28.6 Å². The zero-order chi connectivity index (χ0) is 11.0. The lowest BCUT2D eigenvalue weighted by molar-refractivity contribution is 0.480. The fraction of sp³-hybridized carbons (Fsp3) is 0. The monoisotopic (exact) mass is 213 g/mol. The van der Waals surface area contributed by atoms with Gasteiger partial charge in [0.25, 0.3) is 0 Å². The van der Waals surface area contributed by atoms with E-state index in [2.05, 4.69) is 20.5 Å². The zero-order valence-corrected chi connectivity index (χ0v) is 8.15. The maximum atomic E-state index is 9.67. The quantitative estimate of drug-likeness (QED) is 0.650. The molecule has 1 aromatic carbocycles. The number of hydrogen-bond acceptors (Lipinski definition) is 5. The van der Waals surface area contributed by atoms with Crippen molar-refractivity contribution < 1.29 is 5.11 Å². The predicted octanol–water partition coefficient (Wildman–Crippen LogP) is 0.916. The summed E-state index contributed by atoms with van der Waals surface area (Å²) in [6, 6.07) is 8.90. The van der Waals surface area contributed by atoms with Crippen molar-refractivity contribution in [3.05, 3.63) is 36.7 Å². The van der Waals surface area contributed by atoms with Gasteiger partial charge in [-0.15, -0.1) is 5.10 Å². The molecule has 6 heteroatoms. The van der Waals surface area contributed by atoms with E-state index in [1.807, 2.05) is 12.1 Å². The third kappa shape index (κ3) is 1.28. The molecule has 0 fully saturated rings. The van der Waals surface area contributed by atoms with E-state index in [9.17, 15) is 5.11 Å². The third-order valence-corrected chi connectivity index (χ3v) is 2.27. The summed E-state index contributed by atoms with van der Waals surface area (Å²) in [6.07, 6.45) is 1.45. The Morgan fingerprint density at radius 2 is 2.06 bits per heavy atom. The second kappa shape index (κ2) is 3.27. The van der Waals surface area contributed by atoms with E-state index in [4.69, 9.17) is 0 Å². The Balaban J connectivity index is 2.27. The summed E-state index contributed by atoms with van der Waals surface area (Å²) >= 11 is 0. The van der Waals surface area contributed by atoms with Crippen LogP contribution >= 0.6 is 0 Å². The van der Waals surface area contributed by atoms with Gasteiger partial charge in [-0.1, -0.05) is 12.1 Å². The summed E-state index contributed by atoms with van der Waals surface area (Å²) in [5.74, 6) is 0.714. The molecule has 3 rings (SSSR count). The lowest BCUT2D eigenvalue weighted by atomic mass is 10.2. The summed E-state index contributed by atoms with van der Waals surface area (Å²) in [4.78, 5) is 4.29. The molecule has 0 atom stereocenters. The van der Waals surface area contributed by atoms with Gasteiger partial charge in [-0.3, -0.25) is 0 Å². The van der Waals surface area contributed by atoms with E-state index < -0.39 is 0 Å². The topological polar surface area (TPSA) is 76.7 Å². The second-order valence-electron chi connectivity index (χ2n) is 3.27. The Labute approximate surface area is 90.2 Å². The fourth-order valence-electron chi connectivity index (χ4n) is 1.51. The van der Waals surface area contributed by atoms with Gasteiger partial charge >= 0.3 is 0 Å². The Hall–Kier alpha value is -2.50. The van der Waals surface area contributed by atoms with Crippen molar-refractivity contribution >= 4 is 10.9 Å². The van der Waals surface area contributed by atoms with Crippen molar-refractivity contribution in [3.63, 3.8) is 0 Å². The Bertz CT molecular complexity index is 635. The number of phenolic OH excluding ortho intramolecular Hbond substituents is 1. The van der Waals surface area contributed by atoms with Crippen LogP contribution in [0.4, 0.5) is 0 Å². The van der Waals surface area contributed by atoms with Crippen LogP contribution in [0.3, 0.4) is 0 Å². The van der Waals surface area contributed by atoms with Gasteiger partial charge < -0.3 is 5.11 Å². The molecule has 0 bridgehead atoms. The average Bonchev–Trinajstić information content (AvgIpc) is 2.83. The molecule has 0 radical (unpaired) electrons. The molecule has 0 aliphatic rings. The number of para-hydroxylation sites is 1. The van der Waals surface area contributed by atoms with Crippen molar-refractivity contribution in [3.8, 4) is 11.6 Å². The van der Waals surface area contributed by atoms with Crippen LogP contribution in [0, 0.1) is 0 Å². The standard InChI is InChI=1S/C10H7N5O/c16-8-3-1-2-7-4-5-9(12-10(7)8)15-6-11-13-14-15/h1-6,16H. The number of rotatable bonds is 1. The van der Waals surface area contributed by atoms with Gasteiger partial charge in [0.1, 0.15) is 17.6 Å². The highest BCUT2D eigenvalue weighted by Crippen LogP contribution is 2.22. The summed E-state index contributed by atoms with van der Waals surface area (Å²) in [7, 11) is 0. The van der Waals surface area contributed by atoms with Gasteiger partial charge in [-0.25, -0.2) is 4.98 Å². The van der Waals surface area contributed by atoms with Crippen molar-refractivity contribution in [1.82, 2.24) is 25.2 Å². The number of hydrogen-bond donors (Lipinski definition) is 1. The first kappa shape index (κ1) is 8.78. The Morgan fingerprint density at radius 3 is 2.88 bits per heavy atom. The van der Waals surface area contributed by atoms with Crippen LogP contribution in [-0.2, 0) is 0 Å². The molecule has 0 aliphatic carbocycles. The highest BCUT2D eigenvalue weighted by molar-refractivity contribution is 5.84. The van der Waals surface area contributed by atoms with Crippen LogP contribution in [-0.4, -0.2) is 30.3 Å². The number of benzene rings is 1. The van der Waals surface area contributed by atoms with Gasteiger partial charge in [0.05, 0.1) is 0 Å². The van der Waals surface area contributed by atoms with Crippen molar-refractivity contribution in [1.29, 1.82) is 0 Å². The minimum absolute atomic E-state index is 0.146. The van der Waals surface area contributed by atoms with Gasteiger partial charge in [0.2, 0.25) is 0 Å². The number of nitrogens with zero attached hydrogens (tertiary/aromatic N) is 5. The second-order valence-corrected chi connectivity index (χ2v) is 3.27. The molecule has 2 heterocycles. The largest absolute Gasteiger partial charge is 0.506 e. The number of tetrazole rings is 1. The summed E-state index contributed by atoms with van der Waals surface area (Å²) in [6.45, 7) is 0. The number of phenols is 1. The summed E-state index contributed by atoms with van der Waals surface area (Å²) in [5, 5.41) is 21.3. The third-order valence-electron chi connectivity index (χ3n) is 2.27. The van der Waals surface area contributed by atoms with Gasteiger partial charge in [0.15, 0.2) is 5.82 Å². The van der Waals surface area contributed by atoms with Gasteiger partial charge in [-0.2, -0.15) is 4.68 Å². The predicted molar refractivity (Wildman–Crippen MR) is 56.1 cm³/mol. The maximum Gasteiger partial charge on any atom is 0.157 e. The minimum atomic E-state index is 0.146. The minimum Gasteiger partial charge on any atom is -0.506 e. The summed E-state index contributed by atoms with van der Waals surface area (Å²) in [5.41, 5.74) is 0.538. The molecular weight excluding hydrogens is 206 g/mol. The van der Waals surface area contributed by atoms with E-state index in [1.54, 1.807) is 18.2 Å². The molecule has 3 aromatic rings. The first-order valence-electron chi connectivity index (χ1n) is 4.67. The molecule has 2 aromatic heterocycles. The normalized spacial score (nSPS) is 10.8. The van der Waals surface area contributed by atoms with Gasteiger partial charge in [0, 0.05) is 5.39 Å². The Kier molecular flexibility index (Phi) is 1.79. The first-order chi connectivity index (χ1) is 7.84. The Morgan fingerprint density at radius 1 is 1.12 bits per heavy atom. The number of fused-ring (bicyclic) bond motifs is 1. The molecule has 0 spiro atoms. The van der Waals surface area contributed by atoms with Crippen LogP contribution < -0.4 is 0 Å². The highest BCUT2D eigenvalue weighted by atomic mass is 16.3. The fourth-order valence-corrected chi connectivity index (χ4v) is 1.51. The van der Waals surface area contributed by atoms with Crippen LogP contribution in [0.5, 0.6) is 5.75 Å². The molecular formula is C10H7N5O. The molecule has 0 aliphatic heterocycles. The van der Waals surface area contributed by atoms with Crippen LogP contribution in [0.25, 0.3) is 16.7 Å². The van der Waals surface area contributed by atoms with E-state index in [0.29, 0.717) is 11.3 Å². The SMILES string of the molecule is Oc1cccc2ccc(-n3cnnn3)nc12. The zero-order valence-electron chi connectivity index (χ0n) is 8.15. The van der Waals surface area contributed by atoms with E-state index >= 15 is 0 Å². The van der Waals surface area contributed by atoms with E-state index in [-0.39, 0.29) is 5.75 Å². The van der Waals surface area contributed by atoms with Crippen molar-refractivity contribution in [2.45, 2.75) is 0 Å². The number of aromatic hydroxyl groups is 1. The molecule has 78 valence electrons. The number of pyridine rings is 1. The van der Waals surface area contributed by atoms with Crippen LogP contribution in [0.2, 0.25) is 0 Å². The van der Waals surface area contributed by atoms with Crippen LogP contribution in [0.15, 0.2) is 36.7 Å². The maximum absolute atomic E-state index is 9.67. The van der Waals surface area contributed by atoms with E-state index in [0.717, 1.165) is 5.39 Å². The smallest absolute Gasteiger partial charge is 0.157 e. The number of aromatic nitrogens is 5. The lowest BCUT2D eigenvalue weighted by Crippen LogP contribution is -1.98. The average molecular weight is 213 g/mol. The first-order valence-corrected chi connectivity index (χ1v) is 4.67. The molecule has 16 heavy (non-hydrogen) atoms. The molecule has 0 saturated heterocycles. The molecule has 0 saturated carbocycles. The van der Waals surface area contributed by atoms with Crippen molar-refractivity contribution in [2.24, 2.45) is 0 Å². The van der Waals surface area contributed by atoms with E-state index in [1.165, 1.54) is 11.0 Å². The lowest BCUT2D eigenvalue weighted by Gasteiger charge is -2.02. The van der Waals surface area contributed by atoms with Crippen LogP contribution in [0.1, 0.15) is 0 Å². The molecule has 0 amide bonds. The van der Waals surface area contributed by atoms with Crippen molar-refractivity contribution in [2.75, 3.05) is 0 Å².